The standard InChI is InChI=1S/C12H17ClO2S/c1-12(2,3)10-6-5-9(7-11(10)13)8-16(4,14)15/h5-7H,8H2,1-4H3. The van der Waals surface area contributed by atoms with Gasteiger partial charge in [0.15, 0.2) is 9.84 Å². The molecule has 0 atom stereocenters. The molecule has 0 aliphatic carbocycles. The van der Waals surface area contributed by atoms with E-state index in [9.17, 15) is 8.42 Å². The minimum absolute atomic E-state index is 0.0271. The monoisotopic (exact) mass is 260 g/mol. The summed E-state index contributed by atoms with van der Waals surface area (Å²) in [6, 6.07) is 5.47. The van der Waals surface area contributed by atoms with Crippen molar-refractivity contribution in [3.63, 3.8) is 0 Å². The maximum atomic E-state index is 11.2. The number of rotatable bonds is 2. The van der Waals surface area contributed by atoms with E-state index in [0.717, 1.165) is 11.1 Å². The van der Waals surface area contributed by atoms with Crippen LogP contribution in [0.5, 0.6) is 0 Å². The molecule has 0 aliphatic heterocycles. The van der Waals surface area contributed by atoms with Crippen LogP contribution in [0.25, 0.3) is 0 Å². The Morgan fingerprint density at radius 2 is 1.81 bits per heavy atom. The van der Waals surface area contributed by atoms with Crippen molar-refractivity contribution in [2.75, 3.05) is 6.26 Å². The van der Waals surface area contributed by atoms with Gasteiger partial charge in [-0.2, -0.15) is 0 Å². The van der Waals surface area contributed by atoms with Crippen molar-refractivity contribution >= 4 is 21.4 Å². The summed E-state index contributed by atoms with van der Waals surface area (Å²) >= 11 is 6.15. The van der Waals surface area contributed by atoms with Crippen LogP contribution in [0, 0.1) is 0 Å². The van der Waals surface area contributed by atoms with Crippen LogP contribution in [0.2, 0.25) is 5.02 Å². The highest BCUT2D eigenvalue weighted by molar-refractivity contribution is 7.89. The van der Waals surface area contributed by atoms with Gasteiger partial charge in [0, 0.05) is 11.3 Å². The maximum absolute atomic E-state index is 11.2. The number of halogens is 1. The van der Waals surface area contributed by atoms with E-state index < -0.39 is 9.84 Å². The summed E-state index contributed by atoms with van der Waals surface area (Å²) in [6.45, 7) is 6.22. The van der Waals surface area contributed by atoms with Crippen molar-refractivity contribution < 1.29 is 8.42 Å². The number of hydrogen-bond acceptors (Lipinski definition) is 2. The van der Waals surface area contributed by atoms with Crippen LogP contribution in [0.1, 0.15) is 31.9 Å². The first-order chi connectivity index (χ1) is 7.09. The van der Waals surface area contributed by atoms with Gasteiger partial charge in [0.2, 0.25) is 0 Å². The van der Waals surface area contributed by atoms with Gasteiger partial charge in [0.1, 0.15) is 0 Å². The van der Waals surface area contributed by atoms with Gasteiger partial charge in [-0.25, -0.2) is 8.42 Å². The normalized spacial score (nSPS) is 12.8. The lowest BCUT2D eigenvalue weighted by Gasteiger charge is -2.21. The lowest BCUT2D eigenvalue weighted by molar-refractivity contribution is 0.590. The van der Waals surface area contributed by atoms with Crippen LogP contribution >= 0.6 is 11.6 Å². The predicted molar refractivity (Wildman–Crippen MR) is 68.7 cm³/mol. The minimum atomic E-state index is -3.00. The third-order valence-electron chi connectivity index (χ3n) is 2.27. The summed E-state index contributed by atoms with van der Waals surface area (Å²) in [5, 5.41) is 0.633. The Labute approximate surface area is 103 Å². The highest BCUT2D eigenvalue weighted by atomic mass is 35.5. The van der Waals surface area contributed by atoms with Crippen LogP contribution in [0.3, 0.4) is 0 Å². The molecule has 4 heteroatoms. The van der Waals surface area contributed by atoms with Gasteiger partial charge in [0.25, 0.3) is 0 Å². The molecular weight excluding hydrogens is 244 g/mol. The molecule has 16 heavy (non-hydrogen) atoms. The van der Waals surface area contributed by atoms with Crippen LogP contribution in [0.4, 0.5) is 0 Å². The highest BCUT2D eigenvalue weighted by Crippen LogP contribution is 2.30. The van der Waals surface area contributed by atoms with Gasteiger partial charge in [0.05, 0.1) is 5.75 Å². The first kappa shape index (κ1) is 13.5. The Morgan fingerprint density at radius 3 is 2.19 bits per heavy atom. The average molecular weight is 261 g/mol. The van der Waals surface area contributed by atoms with Crippen molar-refractivity contribution in [3.8, 4) is 0 Å². The molecule has 0 amide bonds. The quantitative estimate of drug-likeness (QED) is 0.819. The lowest BCUT2D eigenvalue weighted by atomic mass is 9.86. The number of hydrogen-bond donors (Lipinski definition) is 0. The third kappa shape index (κ3) is 3.80. The fourth-order valence-corrected chi connectivity index (χ4v) is 2.83. The molecule has 0 fully saturated rings. The van der Waals surface area contributed by atoms with Gasteiger partial charge in [-0.3, -0.25) is 0 Å². The lowest BCUT2D eigenvalue weighted by Crippen LogP contribution is -2.12. The van der Waals surface area contributed by atoms with E-state index in [0.29, 0.717) is 5.02 Å². The zero-order chi connectivity index (χ0) is 12.6. The summed E-state index contributed by atoms with van der Waals surface area (Å²) in [6.07, 6.45) is 1.22. The molecule has 1 aromatic rings. The SMILES string of the molecule is CC(C)(C)c1ccc(CS(C)(=O)=O)cc1Cl. The second-order valence-corrected chi connectivity index (χ2v) is 7.68. The predicted octanol–water partition coefficient (Wildman–Crippen LogP) is 3.18. The van der Waals surface area contributed by atoms with E-state index >= 15 is 0 Å². The minimum Gasteiger partial charge on any atom is -0.229 e. The summed E-state index contributed by atoms with van der Waals surface area (Å²) in [4.78, 5) is 0. The van der Waals surface area contributed by atoms with Gasteiger partial charge in [-0.1, -0.05) is 44.5 Å². The molecule has 0 radical (unpaired) electrons. The topological polar surface area (TPSA) is 34.1 Å². The van der Waals surface area contributed by atoms with Gasteiger partial charge in [-0.15, -0.1) is 0 Å². The van der Waals surface area contributed by atoms with E-state index in [1.54, 1.807) is 6.07 Å². The van der Waals surface area contributed by atoms with Gasteiger partial charge >= 0.3 is 0 Å². The fourth-order valence-electron chi connectivity index (χ4n) is 1.56. The Bertz CT molecular complexity index is 484. The van der Waals surface area contributed by atoms with E-state index in [1.165, 1.54) is 6.26 Å². The van der Waals surface area contributed by atoms with Crippen LogP contribution in [-0.4, -0.2) is 14.7 Å². The van der Waals surface area contributed by atoms with Crippen molar-refractivity contribution in [1.29, 1.82) is 0 Å². The molecule has 2 nitrogen and oxygen atoms in total. The Balaban J connectivity index is 3.10. The molecule has 0 saturated carbocycles. The molecule has 90 valence electrons. The largest absolute Gasteiger partial charge is 0.229 e. The number of sulfone groups is 1. The van der Waals surface area contributed by atoms with E-state index in [-0.39, 0.29) is 11.2 Å². The molecule has 0 aromatic heterocycles. The molecule has 0 saturated heterocycles. The van der Waals surface area contributed by atoms with Crippen LogP contribution in [0.15, 0.2) is 18.2 Å². The Morgan fingerprint density at radius 1 is 1.25 bits per heavy atom. The zero-order valence-electron chi connectivity index (χ0n) is 10.0. The van der Waals surface area contributed by atoms with Crippen LogP contribution in [-0.2, 0) is 21.0 Å². The number of benzene rings is 1. The van der Waals surface area contributed by atoms with E-state index in [1.807, 2.05) is 12.1 Å². The second-order valence-electron chi connectivity index (χ2n) is 5.13. The fraction of sp³-hybridized carbons (Fsp3) is 0.500. The van der Waals surface area contributed by atoms with Crippen molar-refractivity contribution in [2.24, 2.45) is 0 Å². The third-order valence-corrected chi connectivity index (χ3v) is 3.44. The summed E-state index contributed by atoms with van der Waals surface area (Å²) in [7, 11) is -3.00. The zero-order valence-corrected chi connectivity index (χ0v) is 11.6. The molecule has 0 bridgehead atoms. The van der Waals surface area contributed by atoms with Crippen molar-refractivity contribution in [1.82, 2.24) is 0 Å². The summed E-state index contributed by atoms with van der Waals surface area (Å²) in [5.41, 5.74) is 1.74. The van der Waals surface area contributed by atoms with Crippen molar-refractivity contribution in [3.05, 3.63) is 34.3 Å². The molecule has 0 N–H and O–H groups in total. The molecule has 0 aliphatic rings. The molecule has 1 aromatic carbocycles. The smallest absolute Gasteiger partial charge is 0.151 e. The second kappa shape index (κ2) is 4.38. The highest BCUT2D eigenvalue weighted by Gasteiger charge is 2.17. The molecule has 1 rings (SSSR count). The van der Waals surface area contributed by atoms with E-state index in [4.69, 9.17) is 11.6 Å². The summed E-state index contributed by atoms with van der Waals surface area (Å²) < 4.78 is 22.3. The van der Waals surface area contributed by atoms with Gasteiger partial charge < -0.3 is 0 Å². The Kier molecular flexibility index (Phi) is 3.70. The Hall–Kier alpha value is -0.540. The molecular formula is C12H17ClO2S. The maximum Gasteiger partial charge on any atom is 0.151 e. The molecule has 0 unspecified atom stereocenters. The first-order valence-electron chi connectivity index (χ1n) is 5.06. The molecule has 0 heterocycles. The van der Waals surface area contributed by atoms with Crippen LogP contribution < -0.4 is 0 Å². The average Bonchev–Trinajstić information content (AvgIpc) is 1.97. The first-order valence-corrected chi connectivity index (χ1v) is 7.50. The summed E-state index contributed by atoms with van der Waals surface area (Å²) in [5.74, 6) is 0.0388. The van der Waals surface area contributed by atoms with Crippen molar-refractivity contribution in [2.45, 2.75) is 31.9 Å². The van der Waals surface area contributed by atoms with E-state index in [2.05, 4.69) is 20.8 Å². The molecule has 0 spiro atoms. The van der Waals surface area contributed by atoms with Gasteiger partial charge in [-0.05, 0) is 22.6 Å².